The monoisotopic (exact) mass is 316 g/mol. The number of anilines is 1. The summed E-state index contributed by atoms with van der Waals surface area (Å²) >= 11 is 0. The van der Waals surface area contributed by atoms with E-state index in [0.717, 1.165) is 25.7 Å². The normalized spacial score (nSPS) is 23.2. The number of nitrogens with two attached hydrogens (primary N) is 1. The fourth-order valence-electron chi connectivity index (χ4n) is 2.59. The number of rotatable bonds is 4. The van der Waals surface area contributed by atoms with Gasteiger partial charge in [0.25, 0.3) is 0 Å². The van der Waals surface area contributed by atoms with Crippen LogP contribution in [0.3, 0.4) is 0 Å². The van der Waals surface area contributed by atoms with E-state index in [0.29, 0.717) is 11.4 Å². The zero-order valence-electron chi connectivity index (χ0n) is 12.3. The van der Waals surface area contributed by atoms with E-state index in [2.05, 4.69) is 0 Å². The zero-order valence-corrected chi connectivity index (χ0v) is 13.1. The Morgan fingerprint density at radius 3 is 2.48 bits per heavy atom. The summed E-state index contributed by atoms with van der Waals surface area (Å²) in [6.45, 7) is 0. The van der Waals surface area contributed by atoms with Crippen molar-refractivity contribution in [1.82, 2.24) is 4.31 Å². The summed E-state index contributed by atoms with van der Waals surface area (Å²) in [5.41, 5.74) is 6.17. The van der Waals surface area contributed by atoms with Crippen LogP contribution in [0.2, 0.25) is 0 Å². The molecule has 0 atom stereocenters. The van der Waals surface area contributed by atoms with Gasteiger partial charge in [-0.1, -0.05) is 0 Å². The molecule has 1 fully saturated rings. The second kappa shape index (κ2) is 6.19. The highest BCUT2D eigenvalue weighted by Gasteiger charge is 2.29. The van der Waals surface area contributed by atoms with Crippen LogP contribution in [-0.4, -0.2) is 38.2 Å². The molecule has 7 heteroatoms. The summed E-state index contributed by atoms with van der Waals surface area (Å²) in [6.07, 6.45) is 4.05. The number of hydrogen-bond acceptors (Lipinski definition) is 4. The SMILES string of the molecule is CN(C1CCC(Oc2cc(F)ccc2N)CC1)S(C)(=O)=O. The number of sulfonamides is 1. The van der Waals surface area contributed by atoms with Crippen LogP contribution in [0.1, 0.15) is 25.7 Å². The Labute approximate surface area is 124 Å². The van der Waals surface area contributed by atoms with Gasteiger partial charge in [-0.15, -0.1) is 0 Å². The molecule has 1 saturated carbocycles. The molecule has 1 aliphatic rings. The first-order valence-electron chi connectivity index (χ1n) is 6.92. The van der Waals surface area contributed by atoms with Gasteiger partial charge in [0.05, 0.1) is 18.0 Å². The van der Waals surface area contributed by atoms with Crippen LogP contribution in [0.25, 0.3) is 0 Å². The van der Waals surface area contributed by atoms with E-state index < -0.39 is 10.0 Å². The van der Waals surface area contributed by atoms with Gasteiger partial charge < -0.3 is 10.5 Å². The van der Waals surface area contributed by atoms with Crippen molar-refractivity contribution < 1.29 is 17.5 Å². The maximum Gasteiger partial charge on any atom is 0.211 e. The van der Waals surface area contributed by atoms with Gasteiger partial charge in [-0.25, -0.2) is 17.1 Å². The minimum Gasteiger partial charge on any atom is -0.488 e. The summed E-state index contributed by atoms with van der Waals surface area (Å²) < 4.78 is 43.4. The van der Waals surface area contributed by atoms with Gasteiger partial charge in [0.1, 0.15) is 11.6 Å². The summed E-state index contributed by atoms with van der Waals surface area (Å²) in [6, 6.07) is 4.06. The lowest BCUT2D eigenvalue weighted by atomic mass is 9.93. The van der Waals surface area contributed by atoms with E-state index in [1.807, 2.05) is 0 Å². The van der Waals surface area contributed by atoms with Crippen molar-refractivity contribution in [2.24, 2.45) is 0 Å². The molecule has 21 heavy (non-hydrogen) atoms. The molecular formula is C14H21FN2O3S. The van der Waals surface area contributed by atoms with Crippen molar-refractivity contribution in [1.29, 1.82) is 0 Å². The van der Waals surface area contributed by atoms with E-state index >= 15 is 0 Å². The lowest BCUT2D eigenvalue weighted by Crippen LogP contribution is -2.40. The molecule has 2 N–H and O–H groups in total. The van der Waals surface area contributed by atoms with Gasteiger partial charge in [-0.2, -0.15) is 0 Å². The van der Waals surface area contributed by atoms with Crippen molar-refractivity contribution in [3.05, 3.63) is 24.0 Å². The first kappa shape index (κ1) is 16.0. The van der Waals surface area contributed by atoms with Gasteiger partial charge in [-0.05, 0) is 37.8 Å². The Morgan fingerprint density at radius 1 is 1.29 bits per heavy atom. The molecule has 1 aliphatic carbocycles. The molecule has 0 unspecified atom stereocenters. The van der Waals surface area contributed by atoms with Crippen molar-refractivity contribution in [3.8, 4) is 5.75 Å². The Hall–Kier alpha value is -1.34. The summed E-state index contributed by atoms with van der Waals surface area (Å²) in [4.78, 5) is 0. The zero-order chi connectivity index (χ0) is 15.6. The average Bonchev–Trinajstić information content (AvgIpc) is 2.42. The molecule has 0 saturated heterocycles. The van der Waals surface area contributed by atoms with Crippen LogP contribution in [0.5, 0.6) is 5.75 Å². The number of ether oxygens (including phenoxy) is 1. The molecule has 5 nitrogen and oxygen atoms in total. The predicted octanol–water partition coefficient (Wildman–Crippen LogP) is 1.99. The molecule has 118 valence electrons. The van der Waals surface area contributed by atoms with Gasteiger partial charge in [-0.3, -0.25) is 0 Å². The highest BCUT2D eigenvalue weighted by Crippen LogP contribution is 2.30. The van der Waals surface area contributed by atoms with E-state index in [1.165, 1.54) is 28.8 Å². The van der Waals surface area contributed by atoms with E-state index in [9.17, 15) is 12.8 Å². The molecule has 0 spiro atoms. The van der Waals surface area contributed by atoms with E-state index in [4.69, 9.17) is 10.5 Å². The molecule has 0 bridgehead atoms. The molecule has 1 aromatic carbocycles. The van der Waals surface area contributed by atoms with Gasteiger partial charge in [0.2, 0.25) is 10.0 Å². The lowest BCUT2D eigenvalue weighted by Gasteiger charge is -2.33. The topological polar surface area (TPSA) is 72.6 Å². The number of nitrogen functional groups attached to an aromatic ring is 1. The molecule has 2 rings (SSSR count). The van der Waals surface area contributed by atoms with Crippen LogP contribution in [0.15, 0.2) is 18.2 Å². The summed E-state index contributed by atoms with van der Waals surface area (Å²) in [5.74, 6) is -0.0281. The minimum absolute atomic E-state index is 0.00436. The Bertz CT molecular complexity index is 598. The Balaban J connectivity index is 1.94. The molecular weight excluding hydrogens is 295 g/mol. The van der Waals surface area contributed by atoms with Crippen molar-refractivity contribution in [3.63, 3.8) is 0 Å². The smallest absolute Gasteiger partial charge is 0.211 e. The Morgan fingerprint density at radius 2 is 1.90 bits per heavy atom. The number of benzene rings is 1. The molecule has 0 heterocycles. The van der Waals surface area contributed by atoms with Gasteiger partial charge in [0.15, 0.2) is 0 Å². The van der Waals surface area contributed by atoms with Crippen LogP contribution < -0.4 is 10.5 Å². The molecule has 0 amide bonds. The minimum atomic E-state index is -3.17. The molecule has 0 aromatic heterocycles. The number of hydrogen-bond donors (Lipinski definition) is 1. The quantitative estimate of drug-likeness (QED) is 0.862. The van der Waals surface area contributed by atoms with Crippen molar-refractivity contribution in [2.45, 2.75) is 37.8 Å². The third-order valence-corrected chi connectivity index (χ3v) is 5.29. The standard InChI is InChI=1S/C14H21FN2O3S/c1-17(21(2,18)19)11-4-6-12(7-5-11)20-14-9-10(15)3-8-13(14)16/h3,8-9,11-12H,4-7,16H2,1-2H3. The first-order chi connectivity index (χ1) is 9.77. The van der Waals surface area contributed by atoms with Crippen molar-refractivity contribution in [2.75, 3.05) is 19.0 Å². The van der Waals surface area contributed by atoms with E-state index in [1.54, 1.807) is 7.05 Å². The van der Waals surface area contributed by atoms with Crippen LogP contribution >= 0.6 is 0 Å². The average molecular weight is 316 g/mol. The van der Waals surface area contributed by atoms with Gasteiger partial charge in [0, 0.05) is 19.2 Å². The highest BCUT2D eigenvalue weighted by molar-refractivity contribution is 7.88. The van der Waals surface area contributed by atoms with Crippen LogP contribution in [0.4, 0.5) is 10.1 Å². The Kier molecular flexibility index (Phi) is 4.73. The largest absolute Gasteiger partial charge is 0.488 e. The van der Waals surface area contributed by atoms with Gasteiger partial charge >= 0.3 is 0 Å². The van der Waals surface area contributed by atoms with Crippen molar-refractivity contribution >= 4 is 15.7 Å². The van der Waals surface area contributed by atoms with E-state index in [-0.39, 0.29) is 18.0 Å². The second-order valence-corrected chi connectivity index (χ2v) is 7.55. The summed E-state index contributed by atoms with van der Waals surface area (Å²) in [7, 11) is -1.57. The predicted molar refractivity (Wildman–Crippen MR) is 80.1 cm³/mol. The number of halogens is 1. The van der Waals surface area contributed by atoms with Crippen LogP contribution in [0, 0.1) is 5.82 Å². The fourth-order valence-corrected chi connectivity index (χ4v) is 3.34. The maximum atomic E-state index is 13.2. The molecule has 0 radical (unpaired) electrons. The molecule has 0 aliphatic heterocycles. The highest BCUT2D eigenvalue weighted by atomic mass is 32.2. The fraction of sp³-hybridized carbons (Fsp3) is 0.571. The van der Waals surface area contributed by atoms with Crippen LogP contribution in [-0.2, 0) is 10.0 Å². The number of nitrogens with zero attached hydrogens (tertiary/aromatic N) is 1. The lowest BCUT2D eigenvalue weighted by molar-refractivity contribution is 0.126. The first-order valence-corrected chi connectivity index (χ1v) is 8.77. The maximum absolute atomic E-state index is 13.2. The second-order valence-electron chi connectivity index (χ2n) is 5.51. The third-order valence-electron chi connectivity index (χ3n) is 3.95. The third kappa shape index (κ3) is 4.07. The summed E-state index contributed by atoms with van der Waals surface area (Å²) in [5, 5.41) is 0. The molecule has 1 aromatic rings.